The summed E-state index contributed by atoms with van der Waals surface area (Å²) in [6.45, 7) is 8.60. The minimum absolute atomic E-state index is 0.101. The molecule has 0 unspecified atom stereocenters. The van der Waals surface area contributed by atoms with E-state index in [0.717, 1.165) is 59.8 Å². The molecule has 0 N–H and O–H groups in total. The summed E-state index contributed by atoms with van der Waals surface area (Å²) >= 11 is 0. The average molecular weight is 367 g/mol. The molecule has 0 atom stereocenters. The first-order valence-corrected chi connectivity index (χ1v) is 9.90. The van der Waals surface area contributed by atoms with Gasteiger partial charge in [0.2, 0.25) is 0 Å². The quantitative estimate of drug-likeness (QED) is 0.499. The van der Waals surface area contributed by atoms with Crippen molar-refractivity contribution >= 4 is 22.4 Å². The van der Waals surface area contributed by atoms with Gasteiger partial charge in [-0.1, -0.05) is 13.5 Å². The van der Waals surface area contributed by atoms with Crippen molar-refractivity contribution in [3.05, 3.63) is 47.7 Å². The monoisotopic (exact) mass is 367 g/mol. The highest BCUT2D eigenvalue weighted by Crippen LogP contribution is 2.30. The predicted molar refractivity (Wildman–Crippen MR) is 109 cm³/mol. The van der Waals surface area contributed by atoms with E-state index >= 15 is 0 Å². The third-order valence-corrected chi connectivity index (χ3v) is 5.52. The zero-order chi connectivity index (χ0) is 19.4. The van der Waals surface area contributed by atoms with Crippen LogP contribution < -0.4 is 0 Å². The van der Waals surface area contributed by atoms with Gasteiger partial charge in [0, 0.05) is 24.0 Å². The van der Waals surface area contributed by atoms with Crippen LogP contribution in [-0.2, 0) is 15.9 Å². The van der Waals surface area contributed by atoms with Crippen molar-refractivity contribution < 1.29 is 14.3 Å². The minimum atomic E-state index is 0.101. The predicted octanol–water partition coefficient (Wildman–Crippen LogP) is 5.19. The average Bonchev–Trinajstić information content (AvgIpc) is 2.72. The second-order valence-electron chi connectivity index (χ2n) is 7.19. The van der Waals surface area contributed by atoms with E-state index < -0.39 is 0 Å². The maximum Gasteiger partial charge on any atom is 0.165 e. The van der Waals surface area contributed by atoms with Crippen molar-refractivity contribution in [3.63, 3.8) is 0 Å². The van der Waals surface area contributed by atoms with E-state index in [1.54, 1.807) is 7.11 Å². The molecule has 144 valence electrons. The Morgan fingerprint density at radius 1 is 1.19 bits per heavy atom. The number of methoxy groups -OCH3 is 1. The number of rotatable bonds is 7. The second kappa shape index (κ2) is 8.66. The molecule has 0 spiro atoms. The standard InChI is InChI=1S/C23H29NO3/c1-5-16-13-19-14-18(23(25)17-7-10-20(26-4)11-8-17)9-12-21(19)24-22(16)15(3)27-6-2/h9,12-14,17,20H,3,5-8,10-11H2,1-2,4H3. The van der Waals surface area contributed by atoms with E-state index in [0.29, 0.717) is 18.5 Å². The van der Waals surface area contributed by atoms with Gasteiger partial charge in [0.25, 0.3) is 0 Å². The molecule has 0 bridgehead atoms. The number of fused-ring (bicyclic) bond motifs is 1. The second-order valence-corrected chi connectivity index (χ2v) is 7.19. The molecule has 0 saturated heterocycles. The molecule has 3 rings (SSSR count). The molecule has 0 aliphatic heterocycles. The smallest absolute Gasteiger partial charge is 0.165 e. The SMILES string of the molecule is C=C(OCC)c1nc2ccc(C(=O)C3CCC(OC)CC3)cc2cc1CC. The number of carbonyl (C=O) groups is 1. The largest absolute Gasteiger partial charge is 0.492 e. The third kappa shape index (κ3) is 4.22. The summed E-state index contributed by atoms with van der Waals surface area (Å²) in [4.78, 5) is 17.7. The Morgan fingerprint density at radius 3 is 2.56 bits per heavy atom. The number of ketones is 1. The Morgan fingerprint density at radius 2 is 1.93 bits per heavy atom. The first-order valence-electron chi connectivity index (χ1n) is 9.90. The van der Waals surface area contributed by atoms with Crippen LogP contribution in [-0.4, -0.2) is 30.6 Å². The summed E-state index contributed by atoms with van der Waals surface area (Å²) in [5.74, 6) is 0.947. The summed E-state index contributed by atoms with van der Waals surface area (Å²) in [6, 6.07) is 7.93. The number of nitrogens with zero attached hydrogens (tertiary/aromatic N) is 1. The van der Waals surface area contributed by atoms with Crippen molar-refractivity contribution in [1.29, 1.82) is 0 Å². The van der Waals surface area contributed by atoms with Gasteiger partial charge >= 0.3 is 0 Å². The lowest BCUT2D eigenvalue weighted by atomic mass is 9.82. The van der Waals surface area contributed by atoms with E-state index in [4.69, 9.17) is 14.5 Å². The Hall–Kier alpha value is -2.20. The van der Waals surface area contributed by atoms with E-state index in [1.807, 2.05) is 25.1 Å². The van der Waals surface area contributed by atoms with Crippen molar-refractivity contribution in [2.45, 2.75) is 52.1 Å². The summed E-state index contributed by atoms with van der Waals surface area (Å²) in [5.41, 5.74) is 3.54. The van der Waals surface area contributed by atoms with Crippen LogP contribution in [0.25, 0.3) is 16.7 Å². The number of benzene rings is 1. The van der Waals surface area contributed by atoms with Gasteiger partial charge in [-0.3, -0.25) is 4.79 Å². The molecule has 1 aliphatic carbocycles. The zero-order valence-corrected chi connectivity index (χ0v) is 16.6. The number of pyridine rings is 1. The molecule has 1 aromatic carbocycles. The lowest BCUT2D eigenvalue weighted by Gasteiger charge is -2.26. The number of aryl methyl sites for hydroxylation is 1. The van der Waals surface area contributed by atoms with Crippen LogP contribution >= 0.6 is 0 Å². The molecule has 2 aromatic rings. The molecular formula is C23H29NO3. The van der Waals surface area contributed by atoms with Gasteiger partial charge in [-0.2, -0.15) is 0 Å². The van der Waals surface area contributed by atoms with Gasteiger partial charge < -0.3 is 9.47 Å². The fourth-order valence-corrected chi connectivity index (χ4v) is 3.92. The Labute approximate surface area is 161 Å². The summed E-state index contributed by atoms with van der Waals surface area (Å²) in [6.07, 6.45) is 4.88. The first-order chi connectivity index (χ1) is 13.1. The molecule has 4 nitrogen and oxygen atoms in total. The molecule has 1 saturated carbocycles. The fourth-order valence-electron chi connectivity index (χ4n) is 3.92. The number of aromatic nitrogens is 1. The van der Waals surface area contributed by atoms with Gasteiger partial charge in [-0.15, -0.1) is 0 Å². The van der Waals surface area contributed by atoms with Crippen LogP contribution in [0.2, 0.25) is 0 Å². The van der Waals surface area contributed by atoms with Gasteiger partial charge in [0.05, 0.1) is 18.2 Å². The molecule has 0 amide bonds. The molecule has 1 heterocycles. The maximum atomic E-state index is 13.0. The van der Waals surface area contributed by atoms with E-state index in [2.05, 4.69) is 19.6 Å². The van der Waals surface area contributed by atoms with E-state index in [-0.39, 0.29) is 11.7 Å². The van der Waals surface area contributed by atoms with Crippen LogP contribution in [0.5, 0.6) is 0 Å². The van der Waals surface area contributed by atoms with Gasteiger partial charge in [0.1, 0.15) is 11.5 Å². The lowest BCUT2D eigenvalue weighted by molar-refractivity contribution is 0.0519. The number of hydrogen-bond donors (Lipinski definition) is 0. The third-order valence-electron chi connectivity index (χ3n) is 5.52. The highest BCUT2D eigenvalue weighted by molar-refractivity contribution is 6.01. The van der Waals surface area contributed by atoms with Gasteiger partial charge in [-0.25, -0.2) is 4.98 Å². The fraction of sp³-hybridized carbons (Fsp3) is 0.478. The summed E-state index contributed by atoms with van der Waals surface area (Å²) < 4.78 is 11.0. The molecule has 0 radical (unpaired) electrons. The van der Waals surface area contributed by atoms with Gasteiger partial charge in [-0.05, 0) is 68.9 Å². The molecular weight excluding hydrogens is 338 g/mol. The maximum absolute atomic E-state index is 13.0. The van der Waals surface area contributed by atoms with Crippen LogP contribution in [0, 0.1) is 5.92 Å². The topological polar surface area (TPSA) is 48.4 Å². The van der Waals surface area contributed by atoms with E-state index in [1.165, 1.54) is 0 Å². The van der Waals surface area contributed by atoms with Crippen molar-refractivity contribution in [2.75, 3.05) is 13.7 Å². The lowest BCUT2D eigenvalue weighted by Crippen LogP contribution is -2.25. The highest BCUT2D eigenvalue weighted by atomic mass is 16.5. The number of Topliss-reactive ketones (excluding diaryl/α,β-unsaturated/α-hetero) is 1. The zero-order valence-electron chi connectivity index (χ0n) is 16.6. The Bertz CT molecular complexity index is 835. The van der Waals surface area contributed by atoms with Crippen LogP contribution in [0.4, 0.5) is 0 Å². The molecule has 27 heavy (non-hydrogen) atoms. The molecule has 1 aliphatic rings. The molecule has 1 aromatic heterocycles. The van der Waals surface area contributed by atoms with Gasteiger partial charge in [0.15, 0.2) is 5.78 Å². The Kier molecular flexibility index (Phi) is 6.27. The molecule has 4 heteroatoms. The van der Waals surface area contributed by atoms with Crippen molar-refractivity contribution in [2.24, 2.45) is 5.92 Å². The Balaban J connectivity index is 1.87. The van der Waals surface area contributed by atoms with Crippen LogP contribution in [0.15, 0.2) is 30.8 Å². The van der Waals surface area contributed by atoms with Crippen molar-refractivity contribution in [1.82, 2.24) is 4.98 Å². The summed E-state index contributed by atoms with van der Waals surface area (Å²) in [5, 5.41) is 0.997. The first kappa shape index (κ1) is 19.6. The van der Waals surface area contributed by atoms with Crippen LogP contribution in [0.3, 0.4) is 0 Å². The molecule has 1 fully saturated rings. The number of carbonyl (C=O) groups excluding carboxylic acids is 1. The summed E-state index contributed by atoms with van der Waals surface area (Å²) in [7, 11) is 1.75. The van der Waals surface area contributed by atoms with Crippen LogP contribution in [0.1, 0.15) is 61.1 Å². The highest BCUT2D eigenvalue weighted by Gasteiger charge is 2.27. The normalized spacial score (nSPS) is 19.8. The van der Waals surface area contributed by atoms with Crippen molar-refractivity contribution in [3.8, 4) is 0 Å². The number of hydrogen-bond acceptors (Lipinski definition) is 4. The number of ether oxygens (including phenoxy) is 2. The minimum Gasteiger partial charge on any atom is -0.492 e. The van der Waals surface area contributed by atoms with E-state index in [9.17, 15) is 4.79 Å².